The average Bonchev–Trinajstić information content (AvgIpc) is 2.77. The van der Waals surface area contributed by atoms with Gasteiger partial charge >= 0.3 is 0 Å². The van der Waals surface area contributed by atoms with Crippen LogP contribution in [0.2, 0.25) is 0 Å². The number of carbonyl (C=O) groups is 3. The number of likely N-dealkylation sites (tertiary alicyclic amines) is 1. The molecule has 0 aromatic heterocycles. The summed E-state index contributed by atoms with van der Waals surface area (Å²) < 4.78 is 0. The van der Waals surface area contributed by atoms with Gasteiger partial charge in [0.25, 0.3) is 5.91 Å². The van der Waals surface area contributed by atoms with Crippen LogP contribution in [0, 0.1) is 17.3 Å². The van der Waals surface area contributed by atoms with Gasteiger partial charge in [-0.3, -0.25) is 14.4 Å². The van der Waals surface area contributed by atoms with Crippen LogP contribution in [0.1, 0.15) is 76.1 Å². The minimum atomic E-state index is -0.501. The Labute approximate surface area is 186 Å². The molecule has 6 nitrogen and oxygen atoms in total. The van der Waals surface area contributed by atoms with E-state index in [4.69, 9.17) is 0 Å². The molecule has 1 heterocycles. The van der Waals surface area contributed by atoms with Crippen molar-refractivity contribution in [3.63, 3.8) is 0 Å². The fourth-order valence-corrected chi connectivity index (χ4v) is 4.36. The largest absolute Gasteiger partial charge is 0.356 e. The first-order valence-corrected chi connectivity index (χ1v) is 11.7. The van der Waals surface area contributed by atoms with Gasteiger partial charge in [0, 0.05) is 42.2 Å². The van der Waals surface area contributed by atoms with E-state index in [0.717, 1.165) is 6.54 Å². The van der Waals surface area contributed by atoms with Crippen molar-refractivity contribution in [3.05, 3.63) is 29.8 Å². The van der Waals surface area contributed by atoms with Crippen LogP contribution in [0.4, 0.5) is 5.69 Å². The Morgan fingerprint density at radius 2 is 1.68 bits per heavy atom. The number of anilines is 1. The molecule has 0 spiro atoms. The van der Waals surface area contributed by atoms with Crippen LogP contribution in [-0.2, 0) is 9.59 Å². The number of rotatable bonds is 5. The zero-order chi connectivity index (χ0) is 22.4. The maximum Gasteiger partial charge on any atom is 0.253 e. The van der Waals surface area contributed by atoms with Crippen molar-refractivity contribution < 1.29 is 14.4 Å². The quantitative estimate of drug-likeness (QED) is 0.738. The van der Waals surface area contributed by atoms with Gasteiger partial charge in [0.15, 0.2) is 0 Å². The number of benzene rings is 1. The van der Waals surface area contributed by atoms with Crippen LogP contribution >= 0.6 is 0 Å². The topological polar surface area (TPSA) is 78.5 Å². The Hall–Kier alpha value is -2.37. The molecule has 0 unspecified atom stereocenters. The molecule has 0 atom stereocenters. The SMILES string of the molecule is CC(C)(C)C(=O)Nc1cccc(C(=O)N2CCC(C(=O)NCC3CCCCC3)CC2)c1. The predicted octanol–water partition coefficient (Wildman–Crippen LogP) is 4.22. The highest BCUT2D eigenvalue weighted by Gasteiger charge is 2.28. The van der Waals surface area contributed by atoms with E-state index in [-0.39, 0.29) is 23.6 Å². The Morgan fingerprint density at radius 1 is 1.00 bits per heavy atom. The van der Waals surface area contributed by atoms with Crippen molar-refractivity contribution in [1.29, 1.82) is 0 Å². The van der Waals surface area contributed by atoms with Gasteiger partial charge in [0.05, 0.1) is 0 Å². The highest BCUT2D eigenvalue weighted by Crippen LogP contribution is 2.24. The summed E-state index contributed by atoms with van der Waals surface area (Å²) in [6, 6.07) is 7.09. The molecule has 6 heteroatoms. The standard InChI is InChI=1S/C25H37N3O3/c1-25(2,3)24(31)27-21-11-7-10-20(16-21)23(30)28-14-12-19(13-15-28)22(29)26-17-18-8-5-4-6-9-18/h7,10-11,16,18-19H,4-6,8-9,12-15,17H2,1-3H3,(H,26,29)(H,27,31). The van der Waals surface area contributed by atoms with Crippen molar-refractivity contribution in [3.8, 4) is 0 Å². The Morgan fingerprint density at radius 3 is 2.32 bits per heavy atom. The summed E-state index contributed by atoms with van der Waals surface area (Å²) in [6.45, 7) is 7.52. The van der Waals surface area contributed by atoms with Crippen LogP contribution in [0.15, 0.2) is 24.3 Å². The van der Waals surface area contributed by atoms with E-state index in [0.29, 0.717) is 43.1 Å². The molecule has 31 heavy (non-hydrogen) atoms. The lowest BCUT2D eigenvalue weighted by Gasteiger charge is -2.32. The summed E-state index contributed by atoms with van der Waals surface area (Å²) in [5.74, 6) is 0.630. The van der Waals surface area contributed by atoms with E-state index in [1.54, 1.807) is 24.3 Å². The Balaban J connectivity index is 1.49. The van der Waals surface area contributed by atoms with E-state index in [2.05, 4.69) is 10.6 Å². The summed E-state index contributed by atoms with van der Waals surface area (Å²) in [7, 11) is 0. The lowest BCUT2D eigenvalue weighted by molar-refractivity contribution is -0.126. The lowest BCUT2D eigenvalue weighted by atomic mass is 9.89. The number of hydrogen-bond acceptors (Lipinski definition) is 3. The second-order valence-corrected chi connectivity index (χ2v) is 10.1. The number of nitrogens with one attached hydrogen (secondary N) is 2. The highest BCUT2D eigenvalue weighted by molar-refractivity contribution is 5.98. The first-order valence-electron chi connectivity index (χ1n) is 11.7. The minimum absolute atomic E-state index is 0.00921. The number of hydrogen-bond donors (Lipinski definition) is 2. The van der Waals surface area contributed by atoms with Crippen LogP contribution in [0.3, 0.4) is 0 Å². The molecule has 0 bridgehead atoms. The molecular formula is C25H37N3O3. The molecule has 2 aliphatic rings. The van der Waals surface area contributed by atoms with Crippen molar-refractivity contribution in [1.82, 2.24) is 10.2 Å². The van der Waals surface area contributed by atoms with E-state index < -0.39 is 5.41 Å². The van der Waals surface area contributed by atoms with Gasteiger partial charge in [-0.1, -0.05) is 46.1 Å². The van der Waals surface area contributed by atoms with Crippen LogP contribution in [0.5, 0.6) is 0 Å². The van der Waals surface area contributed by atoms with Crippen molar-refractivity contribution in [2.45, 2.75) is 65.7 Å². The van der Waals surface area contributed by atoms with E-state index in [1.165, 1.54) is 32.1 Å². The summed E-state index contributed by atoms with van der Waals surface area (Å²) in [4.78, 5) is 39.6. The number of nitrogens with zero attached hydrogens (tertiary/aromatic N) is 1. The zero-order valence-corrected chi connectivity index (χ0v) is 19.2. The molecule has 0 radical (unpaired) electrons. The fourth-order valence-electron chi connectivity index (χ4n) is 4.36. The van der Waals surface area contributed by atoms with Gasteiger partial charge < -0.3 is 15.5 Å². The van der Waals surface area contributed by atoms with Crippen LogP contribution < -0.4 is 10.6 Å². The van der Waals surface area contributed by atoms with Crippen LogP contribution in [-0.4, -0.2) is 42.3 Å². The van der Waals surface area contributed by atoms with Crippen LogP contribution in [0.25, 0.3) is 0 Å². The van der Waals surface area contributed by atoms with E-state index in [9.17, 15) is 14.4 Å². The van der Waals surface area contributed by atoms with E-state index in [1.807, 2.05) is 25.7 Å². The van der Waals surface area contributed by atoms with Crippen molar-refractivity contribution >= 4 is 23.4 Å². The smallest absolute Gasteiger partial charge is 0.253 e. The molecule has 1 saturated heterocycles. The summed E-state index contributed by atoms with van der Waals surface area (Å²) in [5, 5.41) is 6.03. The molecular weight excluding hydrogens is 390 g/mol. The zero-order valence-electron chi connectivity index (χ0n) is 19.2. The maximum absolute atomic E-state index is 13.0. The Bertz CT molecular complexity index is 785. The first kappa shape index (κ1) is 23.3. The molecule has 3 rings (SSSR count). The normalized spacial score (nSPS) is 18.5. The summed E-state index contributed by atoms with van der Waals surface area (Å²) in [5.41, 5.74) is 0.689. The van der Waals surface area contributed by atoms with Gasteiger partial charge in [0.2, 0.25) is 11.8 Å². The third-order valence-corrected chi connectivity index (χ3v) is 6.49. The van der Waals surface area contributed by atoms with Gasteiger partial charge in [-0.15, -0.1) is 0 Å². The fraction of sp³-hybridized carbons (Fsp3) is 0.640. The summed E-state index contributed by atoms with van der Waals surface area (Å²) in [6.07, 6.45) is 7.73. The number of carbonyl (C=O) groups excluding carboxylic acids is 3. The molecule has 1 aromatic carbocycles. The third-order valence-electron chi connectivity index (χ3n) is 6.49. The molecule has 2 N–H and O–H groups in total. The molecule has 2 fully saturated rings. The predicted molar refractivity (Wildman–Crippen MR) is 123 cm³/mol. The molecule has 1 saturated carbocycles. The third kappa shape index (κ3) is 6.55. The highest BCUT2D eigenvalue weighted by atomic mass is 16.2. The average molecular weight is 428 g/mol. The first-order chi connectivity index (χ1) is 14.7. The molecule has 1 aromatic rings. The van der Waals surface area contributed by atoms with Gasteiger partial charge in [-0.2, -0.15) is 0 Å². The number of amides is 3. The molecule has 170 valence electrons. The Kier molecular flexibility index (Phi) is 7.74. The van der Waals surface area contributed by atoms with E-state index >= 15 is 0 Å². The van der Waals surface area contributed by atoms with Gasteiger partial charge in [-0.25, -0.2) is 0 Å². The van der Waals surface area contributed by atoms with Gasteiger partial charge in [0.1, 0.15) is 0 Å². The van der Waals surface area contributed by atoms with Gasteiger partial charge in [-0.05, 0) is 49.8 Å². The molecule has 1 aliphatic carbocycles. The molecule has 1 aliphatic heterocycles. The monoisotopic (exact) mass is 427 g/mol. The second kappa shape index (κ2) is 10.3. The minimum Gasteiger partial charge on any atom is -0.356 e. The summed E-state index contributed by atoms with van der Waals surface area (Å²) >= 11 is 0. The second-order valence-electron chi connectivity index (χ2n) is 10.1. The van der Waals surface area contributed by atoms with Crippen molar-refractivity contribution in [2.24, 2.45) is 17.3 Å². The maximum atomic E-state index is 13.0. The van der Waals surface area contributed by atoms with Crippen molar-refractivity contribution in [2.75, 3.05) is 25.0 Å². The number of piperidine rings is 1. The lowest BCUT2D eigenvalue weighted by Crippen LogP contribution is -2.44. The molecule has 3 amide bonds.